The van der Waals surface area contributed by atoms with Crippen molar-refractivity contribution in [2.24, 2.45) is 5.73 Å². The second-order valence-electron chi connectivity index (χ2n) is 3.76. The number of ether oxygens (including phenoxy) is 2. The van der Waals surface area contributed by atoms with E-state index >= 15 is 0 Å². The van der Waals surface area contributed by atoms with Crippen molar-refractivity contribution < 1.29 is 14.3 Å². The van der Waals surface area contributed by atoms with Gasteiger partial charge in [-0.25, -0.2) is 0 Å². The molecule has 76 valence electrons. The van der Waals surface area contributed by atoms with Crippen LogP contribution in [0.3, 0.4) is 0 Å². The standard InChI is InChI=1S/C9H17NO3/c1-4-7-8(6(10)5-11)13-9(2,3)12-7/h5-8H,4,10H2,1-3H3/t6-,7+,8-/m0/s1. The summed E-state index contributed by atoms with van der Waals surface area (Å²) in [7, 11) is 0. The van der Waals surface area contributed by atoms with Gasteiger partial charge in [-0.3, -0.25) is 0 Å². The lowest BCUT2D eigenvalue weighted by atomic mass is 10.1. The average molecular weight is 187 g/mol. The predicted molar refractivity (Wildman–Crippen MR) is 48.2 cm³/mol. The molecular formula is C9H17NO3. The molecule has 0 aliphatic carbocycles. The summed E-state index contributed by atoms with van der Waals surface area (Å²) >= 11 is 0. The molecule has 0 aromatic carbocycles. The highest BCUT2D eigenvalue weighted by Gasteiger charge is 2.42. The molecular weight excluding hydrogens is 170 g/mol. The summed E-state index contributed by atoms with van der Waals surface area (Å²) in [4.78, 5) is 10.5. The quantitative estimate of drug-likeness (QED) is 0.651. The molecule has 0 amide bonds. The molecule has 2 N–H and O–H groups in total. The van der Waals surface area contributed by atoms with Crippen LogP contribution in [0.1, 0.15) is 27.2 Å². The fourth-order valence-electron chi connectivity index (χ4n) is 1.58. The van der Waals surface area contributed by atoms with Crippen LogP contribution in [0.5, 0.6) is 0 Å². The smallest absolute Gasteiger partial charge is 0.163 e. The lowest BCUT2D eigenvalue weighted by molar-refractivity contribution is -0.148. The number of hydrogen-bond donors (Lipinski definition) is 1. The molecule has 1 aliphatic rings. The zero-order chi connectivity index (χ0) is 10.1. The van der Waals surface area contributed by atoms with Crippen LogP contribution >= 0.6 is 0 Å². The predicted octanol–water partition coefficient (Wildman–Crippen LogP) is 0.443. The monoisotopic (exact) mass is 187 g/mol. The van der Waals surface area contributed by atoms with E-state index in [0.717, 1.165) is 6.42 Å². The van der Waals surface area contributed by atoms with Gasteiger partial charge in [0, 0.05) is 0 Å². The van der Waals surface area contributed by atoms with Crippen molar-refractivity contribution >= 4 is 6.29 Å². The third-order valence-electron chi connectivity index (χ3n) is 2.16. The zero-order valence-electron chi connectivity index (χ0n) is 8.32. The van der Waals surface area contributed by atoms with Gasteiger partial charge in [-0.1, -0.05) is 6.92 Å². The first kappa shape index (κ1) is 10.6. The summed E-state index contributed by atoms with van der Waals surface area (Å²) in [5, 5.41) is 0. The molecule has 0 bridgehead atoms. The van der Waals surface area contributed by atoms with Crippen molar-refractivity contribution in [1.29, 1.82) is 0 Å². The minimum absolute atomic E-state index is 0.0739. The summed E-state index contributed by atoms with van der Waals surface area (Å²) in [5.41, 5.74) is 5.59. The summed E-state index contributed by atoms with van der Waals surface area (Å²) < 4.78 is 11.1. The van der Waals surface area contributed by atoms with E-state index in [9.17, 15) is 4.79 Å². The fourth-order valence-corrected chi connectivity index (χ4v) is 1.58. The van der Waals surface area contributed by atoms with E-state index in [4.69, 9.17) is 15.2 Å². The molecule has 4 nitrogen and oxygen atoms in total. The molecule has 3 atom stereocenters. The van der Waals surface area contributed by atoms with Crippen molar-refractivity contribution in [2.45, 2.75) is 51.2 Å². The molecule has 13 heavy (non-hydrogen) atoms. The number of hydrogen-bond acceptors (Lipinski definition) is 4. The summed E-state index contributed by atoms with van der Waals surface area (Å²) in [5.74, 6) is -0.619. The maximum atomic E-state index is 10.5. The van der Waals surface area contributed by atoms with Gasteiger partial charge >= 0.3 is 0 Å². The molecule has 1 saturated heterocycles. The Labute approximate surface area is 78.4 Å². The van der Waals surface area contributed by atoms with Gasteiger partial charge < -0.3 is 20.0 Å². The number of carbonyl (C=O) groups is 1. The molecule has 0 aromatic heterocycles. The van der Waals surface area contributed by atoms with E-state index in [2.05, 4.69) is 0 Å². The maximum Gasteiger partial charge on any atom is 0.163 e. The molecule has 0 unspecified atom stereocenters. The lowest BCUT2D eigenvalue weighted by Gasteiger charge is -2.18. The lowest BCUT2D eigenvalue weighted by Crippen LogP contribution is -2.42. The second-order valence-corrected chi connectivity index (χ2v) is 3.76. The van der Waals surface area contributed by atoms with Crippen molar-refractivity contribution in [3.8, 4) is 0 Å². The van der Waals surface area contributed by atoms with E-state index in [1.807, 2.05) is 20.8 Å². The van der Waals surface area contributed by atoms with Gasteiger partial charge in [-0.05, 0) is 20.3 Å². The highest BCUT2D eigenvalue weighted by Crippen LogP contribution is 2.30. The first-order chi connectivity index (χ1) is 6.00. The Morgan fingerprint density at radius 2 is 2.15 bits per heavy atom. The average Bonchev–Trinajstić information content (AvgIpc) is 2.39. The highest BCUT2D eigenvalue weighted by molar-refractivity contribution is 5.58. The minimum atomic E-state index is -0.619. The molecule has 4 heteroatoms. The van der Waals surface area contributed by atoms with Gasteiger partial charge in [0.1, 0.15) is 12.4 Å². The molecule has 0 radical (unpaired) electrons. The molecule has 0 aromatic rings. The van der Waals surface area contributed by atoms with Crippen molar-refractivity contribution in [3.05, 3.63) is 0 Å². The van der Waals surface area contributed by atoms with Crippen LogP contribution in [0.2, 0.25) is 0 Å². The minimum Gasteiger partial charge on any atom is -0.345 e. The van der Waals surface area contributed by atoms with Gasteiger partial charge in [-0.15, -0.1) is 0 Å². The van der Waals surface area contributed by atoms with Crippen molar-refractivity contribution in [2.75, 3.05) is 0 Å². The largest absolute Gasteiger partial charge is 0.345 e. The third kappa shape index (κ3) is 2.27. The zero-order valence-corrected chi connectivity index (χ0v) is 8.32. The number of rotatable bonds is 3. The topological polar surface area (TPSA) is 61.6 Å². The molecule has 0 spiro atoms. The Bertz CT molecular complexity index is 193. The van der Waals surface area contributed by atoms with Crippen LogP contribution in [-0.2, 0) is 14.3 Å². The fraction of sp³-hybridized carbons (Fsp3) is 0.889. The molecule has 1 aliphatic heterocycles. The normalized spacial score (nSPS) is 34.5. The van der Waals surface area contributed by atoms with Crippen LogP contribution in [0, 0.1) is 0 Å². The van der Waals surface area contributed by atoms with Crippen LogP contribution in [0.15, 0.2) is 0 Å². The van der Waals surface area contributed by atoms with Crippen molar-refractivity contribution in [1.82, 2.24) is 0 Å². The number of carbonyl (C=O) groups excluding carboxylic acids is 1. The Kier molecular flexibility index (Phi) is 3.05. The molecule has 1 rings (SSSR count). The summed E-state index contributed by atoms with van der Waals surface area (Å²) in [6, 6.07) is -0.591. The van der Waals surface area contributed by atoms with E-state index in [1.165, 1.54) is 0 Å². The molecule has 1 fully saturated rings. The van der Waals surface area contributed by atoms with Crippen LogP contribution < -0.4 is 5.73 Å². The summed E-state index contributed by atoms with van der Waals surface area (Å²) in [6.45, 7) is 5.64. The Morgan fingerprint density at radius 3 is 2.62 bits per heavy atom. The third-order valence-corrected chi connectivity index (χ3v) is 2.16. The molecule has 0 saturated carbocycles. The SMILES string of the molecule is CC[C@H]1OC(C)(C)O[C@H]1[C@@H](N)C=O. The van der Waals surface area contributed by atoms with E-state index in [0.29, 0.717) is 6.29 Å². The highest BCUT2D eigenvalue weighted by atomic mass is 16.8. The van der Waals surface area contributed by atoms with Gasteiger partial charge in [0.25, 0.3) is 0 Å². The van der Waals surface area contributed by atoms with Crippen LogP contribution in [-0.4, -0.2) is 30.3 Å². The second kappa shape index (κ2) is 3.74. The Balaban J connectivity index is 2.68. The van der Waals surface area contributed by atoms with Gasteiger partial charge in [-0.2, -0.15) is 0 Å². The first-order valence-corrected chi connectivity index (χ1v) is 4.56. The Hall–Kier alpha value is -0.450. The van der Waals surface area contributed by atoms with Gasteiger partial charge in [0.15, 0.2) is 5.79 Å². The first-order valence-electron chi connectivity index (χ1n) is 4.56. The maximum absolute atomic E-state index is 10.5. The van der Waals surface area contributed by atoms with E-state index < -0.39 is 11.8 Å². The van der Waals surface area contributed by atoms with Crippen LogP contribution in [0.4, 0.5) is 0 Å². The van der Waals surface area contributed by atoms with E-state index in [1.54, 1.807) is 0 Å². The summed E-state index contributed by atoms with van der Waals surface area (Å²) in [6.07, 6.45) is 1.13. The van der Waals surface area contributed by atoms with Gasteiger partial charge in [0.2, 0.25) is 0 Å². The number of aldehydes is 1. The van der Waals surface area contributed by atoms with Gasteiger partial charge in [0.05, 0.1) is 12.1 Å². The van der Waals surface area contributed by atoms with Crippen LogP contribution in [0.25, 0.3) is 0 Å². The molecule has 1 heterocycles. The van der Waals surface area contributed by atoms with Crippen molar-refractivity contribution in [3.63, 3.8) is 0 Å². The number of nitrogens with two attached hydrogens (primary N) is 1. The van der Waals surface area contributed by atoms with E-state index in [-0.39, 0.29) is 12.2 Å². The Morgan fingerprint density at radius 1 is 1.54 bits per heavy atom.